The van der Waals surface area contributed by atoms with Gasteiger partial charge in [-0.2, -0.15) is 0 Å². The summed E-state index contributed by atoms with van der Waals surface area (Å²) in [6, 6.07) is 0. The quantitative estimate of drug-likeness (QED) is 0.124. The monoisotopic (exact) mass is 424 g/mol. The number of aliphatic carboxylic acids is 1. The van der Waals surface area contributed by atoms with Gasteiger partial charge in [0.1, 0.15) is 6.54 Å². The standard InChI is InChI=1S/C25H45NO3.H3N/c1-3-4-5-6-7-8-9-10-11-12-13-14-15-16-17-18-19-20-21-22-24(27)26(2)23-25(28)29;/h19-22H,3-18,23H2,1-2H3,(H,28,29);1H3. The molecule has 0 rings (SSSR count). The third-order valence-corrected chi connectivity index (χ3v) is 5.21. The lowest BCUT2D eigenvalue weighted by Crippen LogP contribution is -2.30. The van der Waals surface area contributed by atoms with Crippen molar-refractivity contribution in [1.82, 2.24) is 11.1 Å². The molecular formula is C25H48N2O3. The van der Waals surface area contributed by atoms with Gasteiger partial charge in [-0.05, 0) is 12.8 Å². The summed E-state index contributed by atoms with van der Waals surface area (Å²) in [5, 5.41) is 8.64. The van der Waals surface area contributed by atoms with Gasteiger partial charge in [0.15, 0.2) is 0 Å². The van der Waals surface area contributed by atoms with E-state index in [1.54, 1.807) is 6.08 Å². The molecule has 0 heterocycles. The molecule has 0 aliphatic carbocycles. The van der Waals surface area contributed by atoms with Crippen molar-refractivity contribution in [2.24, 2.45) is 0 Å². The summed E-state index contributed by atoms with van der Waals surface area (Å²) in [4.78, 5) is 23.3. The minimum Gasteiger partial charge on any atom is -0.480 e. The number of nitrogens with zero attached hydrogens (tertiary/aromatic N) is 1. The van der Waals surface area contributed by atoms with Crippen LogP contribution >= 0.6 is 0 Å². The van der Waals surface area contributed by atoms with E-state index in [0.29, 0.717) is 0 Å². The van der Waals surface area contributed by atoms with Crippen LogP contribution < -0.4 is 6.15 Å². The Morgan fingerprint density at radius 3 is 1.60 bits per heavy atom. The zero-order valence-electron chi connectivity index (χ0n) is 19.7. The Hall–Kier alpha value is -1.62. The van der Waals surface area contributed by atoms with Crippen LogP contribution in [0.3, 0.4) is 0 Å². The topological polar surface area (TPSA) is 92.6 Å². The van der Waals surface area contributed by atoms with Gasteiger partial charge in [-0.1, -0.05) is 115 Å². The molecule has 0 unspecified atom stereocenters. The van der Waals surface area contributed by atoms with Crippen molar-refractivity contribution in [3.63, 3.8) is 0 Å². The second kappa shape index (κ2) is 23.7. The number of carbonyl (C=O) groups excluding carboxylic acids is 1. The smallest absolute Gasteiger partial charge is 0.323 e. The summed E-state index contributed by atoms with van der Waals surface area (Å²) in [6.07, 6.45) is 28.7. The van der Waals surface area contributed by atoms with E-state index in [-0.39, 0.29) is 18.6 Å². The average molecular weight is 425 g/mol. The number of hydrogen-bond acceptors (Lipinski definition) is 3. The Bertz CT molecular complexity index is 461. The van der Waals surface area contributed by atoms with Crippen LogP contribution in [0.25, 0.3) is 0 Å². The number of carbonyl (C=O) groups is 2. The maximum absolute atomic E-state index is 11.6. The molecule has 1 amide bonds. The predicted molar refractivity (Wildman–Crippen MR) is 128 cm³/mol. The SMILES string of the molecule is CCCCCCCCCCCCCCCCCC=CC=CC(=O)N(C)CC(=O)O.N. The van der Waals surface area contributed by atoms with E-state index >= 15 is 0 Å². The van der Waals surface area contributed by atoms with Gasteiger partial charge >= 0.3 is 5.97 Å². The van der Waals surface area contributed by atoms with Crippen LogP contribution in [0.1, 0.15) is 110 Å². The maximum atomic E-state index is 11.6. The summed E-state index contributed by atoms with van der Waals surface area (Å²) < 4.78 is 0. The summed E-state index contributed by atoms with van der Waals surface area (Å²) >= 11 is 0. The molecule has 5 nitrogen and oxygen atoms in total. The fourth-order valence-corrected chi connectivity index (χ4v) is 3.35. The maximum Gasteiger partial charge on any atom is 0.323 e. The van der Waals surface area contributed by atoms with Gasteiger partial charge < -0.3 is 16.2 Å². The van der Waals surface area contributed by atoms with Crippen molar-refractivity contribution in [2.45, 2.75) is 110 Å². The highest BCUT2D eigenvalue weighted by Crippen LogP contribution is 2.13. The van der Waals surface area contributed by atoms with Crippen molar-refractivity contribution in [1.29, 1.82) is 0 Å². The first-order chi connectivity index (χ1) is 14.1. The van der Waals surface area contributed by atoms with Crippen molar-refractivity contribution < 1.29 is 14.7 Å². The van der Waals surface area contributed by atoms with E-state index in [9.17, 15) is 9.59 Å². The predicted octanol–water partition coefficient (Wildman–Crippen LogP) is 7.07. The van der Waals surface area contributed by atoms with E-state index in [4.69, 9.17) is 5.11 Å². The van der Waals surface area contributed by atoms with Crippen LogP contribution in [0.2, 0.25) is 0 Å². The molecule has 0 bridgehead atoms. The zero-order chi connectivity index (χ0) is 21.6. The fraction of sp³-hybridized carbons (Fsp3) is 0.760. The van der Waals surface area contributed by atoms with E-state index in [2.05, 4.69) is 13.0 Å². The molecule has 0 aliphatic heterocycles. The van der Waals surface area contributed by atoms with Crippen molar-refractivity contribution >= 4 is 11.9 Å². The van der Waals surface area contributed by atoms with Crippen LogP contribution in [0.5, 0.6) is 0 Å². The number of likely N-dealkylation sites (N-methyl/N-ethyl adjacent to an activating group) is 1. The third-order valence-electron chi connectivity index (χ3n) is 5.21. The number of amides is 1. The molecule has 0 fully saturated rings. The molecule has 0 radical (unpaired) electrons. The molecule has 176 valence electrons. The van der Waals surface area contributed by atoms with Gasteiger partial charge in [0.25, 0.3) is 0 Å². The van der Waals surface area contributed by atoms with Crippen LogP contribution in [0.4, 0.5) is 0 Å². The molecular weight excluding hydrogens is 376 g/mol. The second-order valence-corrected chi connectivity index (χ2v) is 8.11. The van der Waals surface area contributed by atoms with Gasteiger partial charge in [-0.3, -0.25) is 9.59 Å². The lowest BCUT2D eigenvalue weighted by Gasteiger charge is -2.10. The fourth-order valence-electron chi connectivity index (χ4n) is 3.35. The third kappa shape index (κ3) is 22.7. The summed E-state index contributed by atoms with van der Waals surface area (Å²) in [6.45, 7) is 2.00. The summed E-state index contributed by atoms with van der Waals surface area (Å²) in [5.41, 5.74) is 0. The molecule has 0 aromatic carbocycles. The molecule has 0 saturated heterocycles. The molecule has 0 aromatic heterocycles. The summed E-state index contributed by atoms with van der Waals surface area (Å²) in [5.74, 6) is -1.29. The van der Waals surface area contributed by atoms with E-state index in [1.165, 1.54) is 114 Å². The molecule has 0 saturated carbocycles. The van der Waals surface area contributed by atoms with Crippen LogP contribution in [0, 0.1) is 0 Å². The highest BCUT2D eigenvalue weighted by atomic mass is 16.4. The van der Waals surface area contributed by atoms with Crippen LogP contribution in [0.15, 0.2) is 24.3 Å². The number of carboxylic acid groups (broad SMARTS) is 1. The number of rotatable bonds is 20. The highest BCUT2D eigenvalue weighted by Gasteiger charge is 2.07. The first kappa shape index (κ1) is 30.6. The van der Waals surface area contributed by atoms with Gasteiger partial charge in [0, 0.05) is 13.1 Å². The average Bonchev–Trinajstić information content (AvgIpc) is 2.69. The first-order valence-corrected chi connectivity index (χ1v) is 11.9. The normalized spacial score (nSPS) is 11.1. The molecule has 30 heavy (non-hydrogen) atoms. The van der Waals surface area contributed by atoms with Gasteiger partial charge in [0.05, 0.1) is 0 Å². The Morgan fingerprint density at radius 2 is 1.17 bits per heavy atom. The molecule has 0 aromatic rings. The van der Waals surface area contributed by atoms with Crippen LogP contribution in [-0.4, -0.2) is 35.5 Å². The Kier molecular flexibility index (Phi) is 24.1. The largest absolute Gasteiger partial charge is 0.480 e. The van der Waals surface area contributed by atoms with E-state index in [0.717, 1.165) is 6.42 Å². The van der Waals surface area contributed by atoms with Crippen molar-refractivity contribution in [3.05, 3.63) is 24.3 Å². The van der Waals surface area contributed by atoms with Crippen molar-refractivity contribution in [2.75, 3.05) is 13.6 Å². The lowest BCUT2D eigenvalue weighted by atomic mass is 10.0. The van der Waals surface area contributed by atoms with Gasteiger partial charge in [-0.15, -0.1) is 0 Å². The summed E-state index contributed by atoms with van der Waals surface area (Å²) in [7, 11) is 1.49. The minimum atomic E-state index is -1.00. The van der Waals surface area contributed by atoms with Gasteiger partial charge in [-0.25, -0.2) is 0 Å². The minimum absolute atomic E-state index is 0. The molecule has 0 aliphatic rings. The Morgan fingerprint density at radius 1 is 0.733 bits per heavy atom. The molecule has 5 heteroatoms. The number of carboxylic acids is 1. The number of unbranched alkanes of at least 4 members (excludes halogenated alkanes) is 15. The zero-order valence-corrected chi connectivity index (χ0v) is 19.7. The van der Waals surface area contributed by atoms with Crippen molar-refractivity contribution in [3.8, 4) is 0 Å². The molecule has 0 spiro atoms. The van der Waals surface area contributed by atoms with Gasteiger partial charge in [0.2, 0.25) is 5.91 Å². The number of hydrogen-bond donors (Lipinski definition) is 2. The lowest BCUT2D eigenvalue weighted by molar-refractivity contribution is -0.141. The first-order valence-electron chi connectivity index (χ1n) is 11.9. The second-order valence-electron chi connectivity index (χ2n) is 8.11. The van der Waals surface area contributed by atoms with E-state index < -0.39 is 5.97 Å². The van der Waals surface area contributed by atoms with Crippen LogP contribution in [-0.2, 0) is 9.59 Å². The number of allylic oxidation sites excluding steroid dienone is 3. The molecule has 0 atom stereocenters. The highest BCUT2D eigenvalue weighted by molar-refractivity contribution is 5.89. The van der Waals surface area contributed by atoms with E-state index in [1.807, 2.05) is 6.08 Å². The Labute approximate surface area is 185 Å². The Balaban J connectivity index is 0. The molecule has 4 N–H and O–H groups in total.